The molecule has 1 saturated carbocycles. The molecule has 0 bridgehead atoms. The number of likely N-dealkylation sites (tertiary alicyclic amines) is 1. The van der Waals surface area contributed by atoms with E-state index in [-0.39, 0.29) is 18.1 Å². The monoisotopic (exact) mass is 336 g/mol. The lowest BCUT2D eigenvalue weighted by Crippen LogP contribution is -2.55. The Morgan fingerprint density at radius 2 is 1.92 bits per heavy atom. The largest absolute Gasteiger partial charge is 0.341 e. The Kier molecular flexibility index (Phi) is 5.37. The Labute approximate surface area is 145 Å². The maximum Gasteiger partial charge on any atom is 0.242 e. The van der Waals surface area contributed by atoms with E-state index >= 15 is 0 Å². The van der Waals surface area contributed by atoms with E-state index in [1.165, 1.54) is 38.5 Å². The summed E-state index contributed by atoms with van der Waals surface area (Å²) in [5, 5.41) is 6.71. The van der Waals surface area contributed by atoms with E-state index in [2.05, 4.69) is 16.1 Å². The van der Waals surface area contributed by atoms with Crippen molar-refractivity contribution in [3.05, 3.63) is 0 Å². The Balaban J connectivity index is 1.19. The predicted molar refractivity (Wildman–Crippen MR) is 92.1 cm³/mol. The lowest BCUT2D eigenvalue weighted by Gasteiger charge is -2.42. The summed E-state index contributed by atoms with van der Waals surface area (Å²) in [6.07, 6.45) is 10.4. The molecule has 3 heterocycles. The highest BCUT2D eigenvalue weighted by Gasteiger charge is 2.41. The first-order valence-electron chi connectivity index (χ1n) is 9.93. The number of carbonyl (C=O) groups is 1. The summed E-state index contributed by atoms with van der Waals surface area (Å²) in [5.74, 6) is 1.90. The molecular weight excluding hydrogens is 304 g/mol. The number of hydroxylamine groups is 1. The van der Waals surface area contributed by atoms with Crippen LogP contribution < -0.4 is 16.1 Å². The summed E-state index contributed by atoms with van der Waals surface area (Å²) in [6.45, 7) is 3.77. The van der Waals surface area contributed by atoms with Crippen LogP contribution in [0.2, 0.25) is 0 Å². The summed E-state index contributed by atoms with van der Waals surface area (Å²) < 4.78 is 0. The van der Waals surface area contributed by atoms with Gasteiger partial charge in [0.05, 0.1) is 6.10 Å². The topological polar surface area (TPSA) is 65.6 Å². The fourth-order valence-electron chi connectivity index (χ4n) is 4.88. The molecule has 0 aromatic rings. The first-order valence-corrected chi connectivity index (χ1v) is 9.93. The highest BCUT2D eigenvalue weighted by molar-refractivity contribution is 5.82. The number of hydrogen-bond donors (Lipinski definition) is 3. The van der Waals surface area contributed by atoms with Crippen LogP contribution >= 0.6 is 0 Å². The van der Waals surface area contributed by atoms with Gasteiger partial charge in [0, 0.05) is 32.2 Å². The Morgan fingerprint density at radius 1 is 1.08 bits per heavy atom. The van der Waals surface area contributed by atoms with Gasteiger partial charge in [-0.1, -0.05) is 32.1 Å². The number of nitrogens with one attached hydrogen (secondary N) is 3. The van der Waals surface area contributed by atoms with Crippen LogP contribution in [0.4, 0.5) is 0 Å². The third-order valence-electron chi connectivity index (χ3n) is 6.36. The van der Waals surface area contributed by atoms with Crippen molar-refractivity contribution in [2.45, 2.75) is 69.6 Å². The molecule has 3 N–H and O–H groups in total. The minimum absolute atomic E-state index is 0.111. The molecule has 1 amide bonds. The summed E-state index contributed by atoms with van der Waals surface area (Å²) in [7, 11) is 0. The van der Waals surface area contributed by atoms with Crippen molar-refractivity contribution in [3.8, 4) is 0 Å². The molecule has 0 aromatic heterocycles. The first kappa shape index (κ1) is 16.8. The molecule has 3 saturated heterocycles. The molecule has 0 radical (unpaired) electrons. The van der Waals surface area contributed by atoms with E-state index in [0.29, 0.717) is 6.04 Å². The minimum Gasteiger partial charge on any atom is -0.341 e. The molecule has 4 rings (SSSR count). The number of hydrogen-bond acceptors (Lipinski definition) is 5. The molecule has 3 atom stereocenters. The maximum atomic E-state index is 12.6. The molecule has 4 fully saturated rings. The molecule has 1 aliphatic carbocycles. The number of rotatable bonds is 4. The van der Waals surface area contributed by atoms with Gasteiger partial charge >= 0.3 is 0 Å². The van der Waals surface area contributed by atoms with Crippen LogP contribution in [0.15, 0.2) is 0 Å². The molecule has 6 nitrogen and oxygen atoms in total. The van der Waals surface area contributed by atoms with Crippen LogP contribution in [-0.2, 0) is 9.63 Å². The van der Waals surface area contributed by atoms with Crippen LogP contribution in [0, 0.1) is 11.8 Å². The maximum absolute atomic E-state index is 12.6. The Hall–Kier alpha value is -0.690. The molecule has 3 aliphatic heterocycles. The van der Waals surface area contributed by atoms with Crippen molar-refractivity contribution < 1.29 is 9.63 Å². The van der Waals surface area contributed by atoms with E-state index in [9.17, 15) is 4.79 Å². The number of carbonyl (C=O) groups excluding carboxylic acids is 1. The zero-order valence-corrected chi connectivity index (χ0v) is 14.6. The molecule has 136 valence electrons. The molecular formula is C18H32N4O2. The van der Waals surface area contributed by atoms with Gasteiger partial charge in [0.15, 0.2) is 0 Å². The normalized spacial score (nSPS) is 35.8. The lowest BCUT2D eigenvalue weighted by atomic mass is 9.80. The third kappa shape index (κ3) is 3.77. The molecule has 4 aliphatic rings. The van der Waals surface area contributed by atoms with Crippen LogP contribution in [0.5, 0.6) is 0 Å². The van der Waals surface area contributed by atoms with Gasteiger partial charge < -0.3 is 10.2 Å². The lowest BCUT2D eigenvalue weighted by molar-refractivity contribution is -0.141. The van der Waals surface area contributed by atoms with E-state index < -0.39 is 0 Å². The van der Waals surface area contributed by atoms with Gasteiger partial charge in [-0.2, -0.15) is 5.48 Å². The Bertz CT molecular complexity index is 429. The molecule has 24 heavy (non-hydrogen) atoms. The minimum atomic E-state index is -0.151. The van der Waals surface area contributed by atoms with Gasteiger partial charge in [-0.25, -0.2) is 0 Å². The van der Waals surface area contributed by atoms with E-state index in [4.69, 9.17) is 4.84 Å². The average Bonchev–Trinajstić information content (AvgIpc) is 3.09. The average molecular weight is 336 g/mol. The third-order valence-corrected chi connectivity index (χ3v) is 6.36. The zero-order chi connectivity index (χ0) is 16.4. The molecule has 0 aromatic carbocycles. The van der Waals surface area contributed by atoms with E-state index in [1.54, 1.807) is 0 Å². The summed E-state index contributed by atoms with van der Waals surface area (Å²) in [5.41, 5.74) is 3.00. The highest BCUT2D eigenvalue weighted by Crippen LogP contribution is 2.33. The fraction of sp³-hybridized carbons (Fsp3) is 0.944. The Morgan fingerprint density at radius 3 is 2.67 bits per heavy atom. The van der Waals surface area contributed by atoms with Gasteiger partial charge in [0.2, 0.25) is 5.91 Å². The van der Waals surface area contributed by atoms with Crippen molar-refractivity contribution >= 4 is 5.91 Å². The van der Waals surface area contributed by atoms with Crippen LogP contribution in [-0.4, -0.2) is 55.3 Å². The van der Waals surface area contributed by atoms with Gasteiger partial charge in [0.1, 0.15) is 6.04 Å². The highest BCUT2D eigenvalue weighted by atomic mass is 16.7. The summed E-state index contributed by atoms with van der Waals surface area (Å²) >= 11 is 0. The van der Waals surface area contributed by atoms with Crippen molar-refractivity contribution in [2.75, 3.05) is 26.3 Å². The fourth-order valence-corrected chi connectivity index (χ4v) is 4.88. The smallest absolute Gasteiger partial charge is 0.242 e. The van der Waals surface area contributed by atoms with E-state index in [1.807, 2.05) is 4.90 Å². The molecule has 0 spiro atoms. The second kappa shape index (κ2) is 7.68. The number of amides is 1. The quantitative estimate of drug-likeness (QED) is 0.714. The second-order valence-electron chi connectivity index (χ2n) is 8.19. The van der Waals surface area contributed by atoms with Crippen LogP contribution in [0.1, 0.15) is 51.4 Å². The summed E-state index contributed by atoms with van der Waals surface area (Å²) in [4.78, 5) is 20.4. The van der Waals surface area contributed by atoms with Crippen molar-refractivity contribution in [1.29, 1.82) is 0 Å². The number of nitrogens with zero attached hydrogens (tertiary/aromatic N) is 1. The molecule has 3 unspecified atom stereocenters. The zero-order valence-electron chi connectivity index (χ0n) is 14.6. The van der Waals surface area contributed by atoms with Crippen molar-refractivity contribution in [3.63, 3.8) is 0 Å². The second-order valence-corrected chi connectivity index (χ2v) is 8.19. The summed E-state index contributed by atoms with van der Waals surface area (Å²) in [6, 6.07) is 0.203. The predicted octanol–water partition coefficient (Wildman–Crippen LogP) is 0.986. The first-order chi connectivity index (χ1) is 11.8. The molecule has 6 heteroatoms. The van der Waals surface area contributed by atoms with Gasteiger partial charge in [-0.15, -0.1) is 0 Å². The van der Waals surface area contributed by atoms with Gasteiger partial charge in [-0.3, -0.25) is 14.9 Å². The van der Waals surface area contributed by atoms with Crippen LogP contribution in [0.25, 0.3) is 0 Å². The van der Waals surface area contributed by atoms with Gasteiger partial charge in [0.25, 0.3) is 0 Å². The van der Waals surface area contributed by atoms with Crippen molar-refractivity contribution in [1.82, 2.24) is 21.0 Å². The van der Waals surface area contributed by atoms with Gasteiger partial charge in [-0.05, 0) is 31.2 Å². The van der Waals surface area contributed by atoms with Crippen molar-refractivity contribution in [2.24, 2.45) is 11.8 Å². The SMILES string of the molecule is O=C(C1CC(C2CCNCN2)ON1)N1CC(CC2CCCCC2)C1. The van der Waals surface area contributed by atoms with E-state index in [0.717, 1.165) is 51.0 Å². The standard InChI is InChI=1S/C18H32N4O2/c23-18(16-9-17(24-21-16)15-6-7-19-12-20-15)22-10-14(11-22)8-13-4-2-1-3-5-13/h13-17,19-21H,1-12H2. The van der Waals surface area contributed by atoms with Crippen LogP contribution in [0.3, 0.4) is 0 Å².